The number of anilines is 1. The number of nitro groups is 1. The first-order valence-corrected chi connectivity index (χ1v) is 7.80. The Balaban J connectivity index is 2.42. The van der Waals surface area contributed by atoms with E-state index in [0.29, 0.717) is 15.6 Å². The molecule has 1 fully saturated rings. The number of carbonyl (C=O) groups excluding carboxylic acids is 2. The van der Waals surface area contributed by atoms with Crippen molar-refractivity contribution in [2.75, 3.05) is 25.5 Å². The third-order valence-corrected chi connectivity index (χ3v) is 6.01. The fraction of sp³-hybridized carbons (Fsp3) is 0.333. The van der Waals surface area contributed by atoms with Gasteiger partial charge in [-0.25, -0.2) is 8.42 Å². The standard InChI is InChI=1S/C9H10N4O6S2/c1-10-9-5(13(16)17)2-8(20-9)21(18,19)12-3-6(14)11-7(15)4-12/h2,10H,3-4H2,1H3,(H,11,14,15). The molecule has 1 aliphatic rings. The van der Waals surface area contributed by atoms with Crippen molar-refractivity contribution in [3.05, 3.63) is 16.2 Å². The first-order valence-electron chi connectivity index (χ1n) is 5.54. The summed E-state index contributed by atoms with van der Waals surface area (Å²) < 4.78 is 25.1. The average Bonchev–Trinajstić information content (AvgIpc) is 2.82. The van der Waals surface area contributed by atoms with Crippen LogP contribution in [0, 0.1) is 10.1 Å². The van der Waals surface area contributed by atoms with Crippen LogP contribution in [0.2, 0.25) is 0 Å². The number of amides is 2. The number of rotatable bonds is 4. The van der Waals surface area contributed by atoms with Gasteiger partial charge in [-0.3, -0.25) is 25.0 Å². The Morgan fingerprint density at radius 3 is 2.38 bits per heavy atom. The lowest BCUT2D eigenvalue weighted by atomic mass is 10.4. The summed E-state index contributed by atoms with van der Waals surface area (Å²) in [4.78, 5) is 32.6. The van der Waals surface area contributed by atoms with Crippen LogP contribution in [0.5, 0.6) is 0 Å². The number of thiophene rings is 1. The molecule has 21 heavy (non-hydrogen) atoms. The van der Waals surface area contributed by atoms with Crippen LogP contribution in [0.15, 0.2) is 10.3 Å². The Kier molecular flexibility index (Phi) is 3.93. The van der Waals surface area contributed by atoms with Crippen LogP contribution in [-0.2, 0) is 19.6 Å². The van der Waals surface area contributed by atoms with Gasteiger partial charge < -0.3 is 5.32 Å². The molecule has 1 saturated heterocycles. The number of piperazine rings is 1. The van der Waals surface area contributed by atoms with Crippen LogP contribution >= 0.6 is 11.3 Å². The Labute approximate surface area is 122 Å². The van der Waals surface area contributed by atoms with Gasteiger partial charge in [0, 0.05) is 13.1 Å². The van der Waals surface area contributed by atoms with Crippen LogP contribution in [0.25, 0.3) is 0 Å². The van der Waals surface area contributed by atoms with E-state index in [0.717, 1.165) is 6.07 Å². The molecule has 2 N–H and O–H groups in total. The van der Waals surface area contributed by atoms with Crippen LogP contribution in [0.3, 0.4) is 0 Å². The highest BCUT2D eigenvalue weighted by molar-refractivity contribution is 7.91. The fourth-order valence-electron chi connectivity index (χ4n) is 1.71. The summed E-state index contributed by atoms with van der Waals surface area (Å²) in [6.07, 6.45) is 0. The van der Waals surface area contributed by atoms with E-state index < -0.39 is 39.9 Å². The van der Waals surface area contributed by atoms with Gasteiger partial charge in [-0.1, -0.05) is 11.3 Å². The molecule has 1 aromatic rings. The number of nitrogens with zero attached hydrogens (tertiary/aromatic N) is 2. The monoisotopic (exact) mass is 334 g/mol. The van der Waals surface area contributed by atoms with Crippen molar-refractivity contribution >= 4 is 43.9 Å². The van der Waals surface area contributed by atoms with Crippen molar-refractivity contribution in [3.8, 4) is 0 Å². The number of sulfonamides is 1. The molecule has 0 saturated carbocycles. The summed E-state index contributed by atoms with van der Waals surface area (Å²) in [7, 11) is -2.72. The van der Waals surface area contributed by atoms with Gasteiger partial charge >= 0.3 is 5.69 Å². The Hall–Kier alpha value is -2.05. The first kappa shape index (κ1) is 15.3. The minimum absolute atomic E-state index is 0.0753. The van der Waals surface area contributed by atoms with E-state index in [1.807, 2.05) is 5.32 Å². The minimum atomic E-state index is -4.15. The van der Waals surface area contributed by atoms with Gasteiger partial charge in [0.25, 0.3) is 10.0 Å². The highest BCUT2D eigenvalue weighted by Gasteiger charge is 2.35. The maximum absolute atomic E-state index is 12.3. The molecule has 0 spiro atoms. The average molecular weight is 334 g/mol. The van der Waals surface area contributed by atoms with Gasteiger partial charge in [0.05, 0.1) is 18.0 Å². The molecule has 0 atom stereocenters. The molecule has 1 aliphatic heterocycles. The molecule has 0 aliphatic carbocycles. The predicted molar refractivity (Wildman–Crippen MR) is 72.4 cm³/mol. The predicted octanol–water partition coefficient (Wildman–Crippen LogP) is -0.655. The molecular weight excluding hydrogens is 324 g/mol. The van der Waals surface area contributed by atoms with Crippen molar-refractivity contribution in [2.24, 2.45) is 0 Å². The van der Waals surface area contributed by atoms with E-state index in [1.165, 1.54) is 7.05 Å². The van der Waals surface area contributed by atoms with Crippen molar-refractivity contribution < 1.29 is 22.9 Å². The lowest BCUT2D eigenvalue weighted by molar-refractivity contribution is -0.383. The van der Waals surface area contributed by atoms with Crippen molar-refractivity contribution in [1.82, 2.24) is 9.62 Å². The summed E-state index contributed by atoms with van der Waals surface area (Å²) in [6, 6.07) is 0.906. The lowest BCUT2D eigenvalue weighted by Crippen LogP contribution is -2.53. The molecule has 114 valence electrons. The quantitative estimate of drug-likeness (QED) is 0.423. The smallest absolute Gasteiger partial charge is 0.304 e. The van der Waals surface area contributed by atoms with Gasteiger partial charge in [-0.2, -0.15) is 4.31 Å². The summed E-state index contributed by atoms with van der Waals surface area (Å²) in [5, 5.41) is 15.4. The van der Waals surface area contributed by atoms with Gasteiger partial charge in [-0.15, -0.1) is 0 Å². The van der Waals surface area contributed by atoms with E-state index in [-0.39, 0.29) is 14.9 Å². The Bertz CT molecular complexity index is 709. The second-order valence-corrected chi connectivity index (χ2v) is 7.25. The molecule has 12 heteroatoms. The van der Waals surface area contributed by atoms with Crippen LogP contribution in [0.1, 0.15) is 0 Å². The molecule has 0 aromatic carbocycles. The lowest BCUT2D eigenvalue weighted by Gasteiger charge is -2.23. The molecule has 0 unspecified atom stereocenters. The molecule has 0 radical (unpaired) electrons. The third-order valence-electron chi connectivity index (χ3n) is 2.63. The molecule has 1 aromatic heterocycles. The van der Waals surface area contributed by atoms with Gasteiger partial charge in [0.15, 0.2) is 5.00 Å². The highest BCUT2D eigenvalue weighted by Crippen LogP contribution is 2.37. The van der Waals surface area contributed by atoms with Crippen LogP contribution < -0.4 is 10.6 Å². The summed E-state index contributed by atoms with van der Waals surface area (Å²) in [5.41, 5.74) is -0.381. The number of hydrogen-bond donors (Lipinski definition) is 2. The van der Waals surface area contributed by atoms with E-state index in [4.69, 9.17) is 0 Å². The zero-order valence-corrected chi connectivity index (χ0v) is 12.3. The maximum Gasteiger partial charge on any atom is 0.304 e. The summed E-state index contributed by atoms with van der Waals surface area (Å²) >= 11 is 0.665. The van der Waals surface area contributed by atoms with Crippen LogP contribution in [0.4, 0.5) is 10.7 Å². The molecule has 2 amide bonds. The topological polar surface area (TPSA) is 139 Å². The number of hydrogen-bond acceptors (Lipinski definition) is 8. The second-order valence-electron chi connectivity index (χ2n) is 4.03. The minimum Gasteiger partial charge on any atom is -0.374 e. The van der Waals surface area contributed by atoms with E-state index >= 15 is 0 Å². The van der Waals surface area contributed by atoms with Crippen molar-refractivity contribution in [3.63, 3.8) is 0 Å². The zero-order valence-electron chi connectivity index (χ0n) is 10.7. The van der Waals surface area contributed by atoms with E-state index in [9.17, 15) is 28.1 Å². The van der Waals surface area contributed by atoms with Gasteiger partial charge in [-0.05, 0) is 0 Å². The SMILES string of the molecule is CNc1sc(S(=O)(=O)N2CC(=O)NC(=O)C2)cc1[N+](=O)[O-]. The number of nitrogens with one attached hydrogen (secondary N) is 2. The Morgan fingerprint density at radius 1 is 1.38 bits per heavy atom. The van der Waals surface area contributed by atoms with E-state index in [1.54, 1.807) is 0 Å². The largest absolute Gasteiger partial charge is 0.374 e. The first-order chi connectivity index (χ1) is 9.75. The number of carbonyl (C=O) groups is 2. The molecule has 2 heterocycles. The van der Waals surface area contributed by atoms with Crippen molar-refractivity contribution in [2.45, 2.75) is 4.21 Å². The zero-order chi connectivity index (χ0) is 15.8. The normalized spacial score (nSPS) is 16.6. The molecule has 2 rings (SSSR count). The van der Waals surface area contributed by atoms with Gasteiger partial charge in [0.2, 0.25) is 11.8 Å². The molecule has 0 bridgehead atoms. The maximum atomic E-state index is 12.3. The highest BCUT2D eigenvalue weighted by atomic mass is 32.2. The molecule has 10 nitrogen and oxygen atoms in total. The second kappa shape index (κ2) is 5.38. The molecular formula is C9H10N4O6S2. The third kappa shape index (κ3) is 2.86. The summed E-state index contributed by atoms with van der Waals surface area (Å²) in [6.45, 7) is -1.01. The fourth-order valence-corrected chi connectivity index (χ4v) is 4.50. The van der Waals surface area contributed by atoms with Gasteiger partial charge in [0.1, 0.15) is 4.21 Å². The summed E-state index contributed by atoms with van der Waals surface area (Å²) in [5.74, 6) is -1.48. The number of imide groups is 1. The van der Waals surface area contributed by atoms with Crippen LogP contribution in [-0.4, -0.2) is 49.6 Å². The van der Waals surface area contributed by atoms with Crippen molar-refractivity contribution in [1.29, 1.82) is 0 Å². The Morgan fingerprint density at radius 2 is 1.95 bits per heavy atom. The van der Waals surface area contributed by atoms with E-state index in [2.05, 4.69) is 5.32 Å².